The van der Waals surface area contributed by atoms with Crippen LogP contribution in [0.25, 0.3) is 0 Å². The molecule has 0 aliphatic carbocycles. The first-order valence-corrected chi connectivity index (χ1v) is 4.93. The zero-order valence-corrected chi connectivity index (χ0v) is 9.45. The van der Waals surface area contributed by atoms with Crippen LogP contribution in [0, 0.1) is 0 Å². The molecule has 0 spiro atoms. The standard InChI is InChI=1S/C12H19NO/c1-10(13(2)3)9-11-7-5-6-8-12(11)14-4/h5-8,10H,9H2,1-4H3. The molecule has 1 atom stereocenters. The smallest absolute Gasteiger partial charge is 0.122 e. The number of ether oxygens (including phenoxy) is 1. The number of rotatable bonds is 4. The summed E-state index contributed by atoms with van der Waals surface area (Å²) in [5.74, 6) is 0.987. The predicted molar refractivity (Wildman–Crippen MR) is 59.8 cm³/mol. The van der Waals surface area contributed by atoms with Crippen molar-refractivity contribution in [2.45, 2.75) is 19.4 Å². The van der Waals surface area contributed by atoms with E-state index in [9.17, 15) is 0 Å². The first-order valence-electron chi connectivity index (χ1n) is 4.93. The van der Waals surface area contributed by atoms with Crippen LogP contribution in [0.5, 0.6) is 5.75 Å². The normalized spacial score (nSPS) is 12.9. The third-order valence-corrected chi connectivity index (χ3v) is 2.59. The molecule has 0 radical (unpaired) electrons. The van der Waals surface area contributed by atoms with E-state index in [2.05, 4.69) is 38.1 Å². The minimum Gasteiger partial charge on any atom is -0.496 e. The highest BCUT2D eigenvalue weighted by atomic mass is 16.5. The molecule has 0 heterocycles. The van der Waals surface area contributed by atoms with E-state index < -0.39 is 0 Å². The number of para-hydroxylation sites is 1. The topological polar surface area (TPSA) is 12.5 Å². The van der Waals surface area contributed by atoms with E-state index in [0.29, 0.717) is 6.04 Å². The van der Waals surface area contributed by atoms with Crippen LogP contribution in [0.3, 0.4) is 0 Å². The number of hydrogen-bond donors (Lipinski definition) is 0. The Morgan fingerprint density at radius 3 is 2.50 bits per heavy atom. The lowest BCUT2D eigenvalue weighted by Crippen LogP contribution is -2.26. The van der Waals surface area contributed by atoms with Crippen LogP contribution in [0.4, 0.5) is 0 Å². The quantitative estimate of drug-likeness (QED) is 0.726. The van der Waals surface area contributed by atoms with Crippen molar-refractivity contribution in [1.29, 1.82) is 0 Å². The Morgan fingerprint density at radius 2 is 1.93 bits per heavy atom. The number of methoxy groups -OCH3 is 1. The molecule has 0 aromatic heterocycles. The molecule has 2 heteroatoms. The number of hydrogen-bond acceptors (Lipinski definition) is 2. The third-order valence-electron chi connectivity index (χ3n) is 2.59. The van der Waals surface area contributed by atoms with Crippen LogP contribution < -0.4 is 4.74 Å². The molecule has 0 saturated heterocycles. The zero-order valence-electron chi connectivity index (χ0n) is 9.45. The first-order chi connectivity index (χ1) is 6.65. The van der Waals surface area contributed by atoms with Crippen molar-refractivity contribution >= 4 is 0 Å². The zero-order chi connectivity index (χ0) is 10.6. The molecule has 78 valence electrons. The van der Waals surface area contributed by atoms with E-state index in [-0.39, 0.29) is 0 Å². The van der Waals surface area contributed by atoms with Crippen molar-refractivity contribution in [1.82, 2.24) is 4.90 Å². The van der Waals surface area contributed by atoms with Gasteiger partial charge in [0.05, 0.1) is 7.11 Å². The molecule has 1 aromatic carbocycles. The predicted octanol–water partition coefficient (Wildman–Crippen LogP) is 2.19. The monoisotopic (exact) mass is 193 g/mol. The summed E-state index contributed by atoms with van der Waals surface area (Å²) in [7, 11) is 5.92. The Balaban J connectivity index is 2.75. The van der Waals surface area contributed by atoms with E-state index in [0.717, 1.165) is 12.2 Å². The lowest BCUT2D eigenvalue weighted by molar-refractivity contribution is 0.308. The fraction of sp³-hybridized carbons (Fsp3) is 0.500. The van der Waals surface area contributed by atoms with E-state index >= 15 is 0 Å². The van der Waals surface area contributed by atoms with Crippen molar-refractivity contribution in [2.75, 3.05) is 21.2 Å². The summed E-state index contributed by atoms with van der Waals surface area (Å²) in [6.07, 6.45) is 1.02. The van der Waals surface area contributed by atoms with E-state index in [1.54, 1.807) is 7.11 Å². The van der Waals surface area contributed by atoms with E-state index in [1.165, 1.54) is 5.56 Å². The summed E-state index contributed by atoms with van der Waals surface area (Å²) in [5.41, 5.74) is 1.27. The van der Waals surface area contributed by atoms with Crippen LogP contribution in [-0.4, -0.2) is 32.1 Å². The van der Waals surface area contributed by atoms with Crippen molar-refractivity contribution in [3.05, 3.63) is 29.8 Å². The van der Waals surface area contributed by atoms with Crippen LogP contribution in [0.2, 0.25) is 0 Å². The second-order valence-corrected chi connectivity index (χ2v) is 3.83. The molecule has 2 nitrogen and oxygen atoms in total. The summed E-state index contributed by atoms with van der Waals surface area (Å²) in [6, 6.07) is 8.73. The molecular formula is C12H19NO. The Kier molecular flexibility index (Phi) is 3.96. The maximum absolute atomic E-state index is 5.31. The van der Waals surface area contributed by atoms with Gasteiger partial charge >= 0.3 is 0 Å². The minimum atomic E-state index is 0.534. The van der Waals surface area contributed by atoms with Crippen LogP contribution in [-0.2, 0) is 6.42 Å². The average molecular weight is 193 g/mol. The Bertz CT molecular complexity index is 283. The van der Waals surface area contributed by atoms with E-state index in [4.69, 9.17) is 4.74 Å². The first kappa shape index (κ1) is 11.1. The number of benzene rings is 1. The Morgan fingerprint density at radius 1 is 1.29 bits per heavy atom. The maximum atomic E-state index is 5.31. The Labute approximate surface area is 86.5 Å². The second kappa shape index (κ2) is 5.01. The van der Waals surface area contributed by atoms with Crippen LogP contribution >= 0.6 is 0 Å². The van der Waals surface area contributed by atoms with Gasteiger partial charge in [0, 0.05) is 6.04 Å². The summed E-state index contributed by atoms with van der Waals surface area (Å²) in [4.78, 5) is 2.21. The molecule has 0 fully saturated rings. The number of nitrogens with zero attached hydrogens (tertiary/aromatic N) is 1. The molecule has 14 heavy (non-hydrogen) atoms. The average Bonchev–Trinajstić information content (AvgIpc) is 2.18. The van der Waals surface area contributed by atoms with Crippen molar-refractivity contribution in [3.8, 4) is 5.75 Å². The minimum absolute atomic E-state index is 0.534. The van der Waals surface area contributed by atoms with Gasteiger partial charge in [-0.1, -0.05) is 18.2 Å². The maximum Gasteiger partial charge on any atom is 0.122 e. The lowest BCUT2D eigenvalue weighted by atomic mass is 10.1. The van der Waals surface area contributed by atoms with Gasteiger partial charge < -0.3 is 9.64 Å². The van der Waals surface area contributed by atoms with E-state index in [1.807, 2.05) is 12.1 Å². The van der Waals surface area contributed by atoms with Crippen molar-refractivity contribution in [2.24, 2.45) is 0 Å². The summed E-state index contributed by atoms with van der Waals surface area (Å²) in [5, 5.41) is 0. The molecule has 0 amide bonds. The van der Waals surface area contributed by atoms with Crippen molar-refractivity contribution in [3.63, 3.8) is 0 Å². The fourth-order valence-electron chi connectivity index (χ4n) is 1.37. The molecule has 0 saturated carbocycles. The summed E-state index contributed by atoms with van der Waals surface area (Å²) in [6.45, 7) is 2.21. The molecule has 0 aliphatic rings. The molecule has 0 N–H and O–H groups in total. The summed E-state index contributed by atoms with van der Waals surface area (Å²) < 4.78 is 5.31. The number of likely N-dealkylation sites (N-methyl/N-ethyl adjacent to an activating group) is 1. The van der Waals surface area contributed by atoms with Gasteiger partial charge in [0.15, 0.2) is 0 Å². The highest BCUT2D eigenvalue weighted by Gasteiger charge is 2.08. The largest absolute Gasteiger partial charge is 0.496 e. The van der Waals surface area contributed by atoms with Crippen LogP contribution in [0.1, 0.15) is 12.5 Å². The molecule has 1 unspecified atom stereocenters. The van der Waals surface area contributed by atoms with Gasteiger partial charge in [0.25, 0.3) is 0 Å². The highest BCUT2D eigenvalue weighted by molar-refractivity contribution is 5.33. The van der Waals surface area contributed by atoms with Gasteiger partial charge in [-0.2, -0.15) is 0 Å². The van der Waals surface area contributed by atoms with Crippen molar-refractivity contribution < 1.29 is 4.74 Å². The fourth-order valence-corrected chi connectivity index (χ4v) is 1.37. The SMILES string of the molecule is COc1ccccc1CC(C)N(C)C. The molecular weight excluding hydrogens is 174 g/mol. The van der Waals surface area contributed by atoms with Gasteiger partial charge in [-0.25, -0.2) is 0 Å². The molecule has 1 rings (SSSR count). The summed E-state index contributed by atoms with van der Waals surface area (Å²) >= 11 is 0. The van der Waals surface area contributed by atoms with Crippen LogP contribution in [0.15, 0.2) is 24.3 Å². The molecule has 0 aliphatic heterocycles. The molecule has 0 bridgehead atoms. The van der Waals surface area contributed by atoms with Gasteiger partial charge in [-0.3, -0.25) is 0 Å². The second-order valence-electron chi connectivity index (χ2n) is 3.83. The molecule has 1 aromatic rings. The van der Waals surface area contributed by atoms with Gasteiger partial charge in [-0.15, -0.1) is 0 Å². The van der Waals surface area contributed by atoms with Gasteiger partial charge in [-0.05, 0) is 39.1 Å². The highest BCUT2D eigenvalue weighted by Crippen LogP contribution is 2.19. The van der Waals surface area contributed by atoms with Gasteiger partial charge in [0.2, 0.25) is 0 Å². The Hall–Kier alpha value is -1.02. The van der Waals surface area contributed by atoms with Gasteiger partial charge in [0.1, 0.15) is 5.75 Å². The lowest BCUT2D eigenvalue weighted by Gasteiger charge is -2.20. The third kappa shape index (κ3) is 2.74.